The lowest BCUT2D eigenvalue weighted by atomic mass is 9.59. The number of benzene rings is 2. The molecule has 2 nitrogen and oxygen atoms in total. The molecule has 174 valence electrons. The first-order valence-corrected chi connectivity index (χ1v) is 13.2. The molecule has 2 heteroatoms. The molecule has 2 aromatic carbocycles. The molecule has 0 heterocycles. The Kier molecular flexibility index (Phi) is 7.69. The summed E-state index contributed by atoms with van der Waals surface area (Å²) < 4.78 is 0. The first-order valence-electron chi connectivity index (χ1n) is 13.2. The highest BCUT2D eigenvalue weighted by Gasteiger charge is 2.45. The summed E-state index contributed by atoms with van der Waals surface area (Å²) in [5.41, 5.74) is 5.06. The smallest absolute Gasteiger partial charge is 0.136 e. The molecule has 0 bridgehead atoms. The molecular weight excluding hydrogens is 402 g/mol. The summed E-state index contributed by atoms with van der Waals surface area (Å²) >= 11 is 0. The molecule has 0 radical (unpaired) electrons. The molecule has 2 aliphatic rings. The fourth-order valence-corrected chi connectivity index (χ4v) is 6.38. The van der Waals surface area contributed by atoms with Crippen molar-refractivity contribution in [3.63, 3.8) is 0 Å². The van der Waals surface area contributed by atoms with E-state index in [0.717, 1.165) is 57.8 Å². The van der Waals surface area contributed by atoms with E-state index in [1.165, 1.54) is 28.7 Å². The van der Waals surface area contributed by atoms with Gasteiger partial charge < -0.3 is 0 Å². The second-order valence-corrected chi connectivity index (χ2v) is 10.5. The van der Waals surface area contributed by atoms with Gasteiger partial charge in [-0.2, -0.15) is 5.26 Å². The van der Waals surface area contributed by atoms with Crippen molar-refractivity contribution < 1.29 is 4.79 Å². The SMILES string of the molecule is CCCc1ccc(-c2ccc(C3CCC(C#N)([C@@H]4CC[C@@H](CCC)C(=O)C4)CC3)cc2)cc1. The van der Waals surface area contributed by atoms with Crippen molar-refractivity contribution in [1.29, 1.82) is 5.26 Å². The largest absolute Gasteiger partial charge is 0.299 e. The predicted molar refractivity (Wildman–Crippen MR) is 136 cm³/mol. The maximum absolute atomic E-state index is 12.7. The number of hydrogen-bond donors (Lipinski definition) is 0. The maximum atomic E-state index is 12.7. The Labute approximate surface area is 200 Å². The third-order valence-corrected chi connectivity index (χ3v) is 8.49. The molecule has 4 rings (SSSR count). The van der Waals surface area contributed by atoms with Crippen LogP contribution in [0.15, 0.2) is 48.5 Å². The zero-order valence-corrected chi connectivity index (χ0v) is 20.5. The Balaban J connectivity index is 1.38. The highest BCUT2D eigenvalue weighted by Crippen LogP contribution is 2.51. The Morgan fingerprint density at radius 3 is 2.06 bits per heavy atom. The second kappa shape index (κ2) is 10.7. The molecule has 0 spiro atoms. The van der Waals surface area contributed by atoms with Gasteiger partial charge in [0.2, 0.25) is 0 Å². The second-order valence-electron chi connectivity index (χ2n) is 10.5. The van der Waals surface area contributed by atoms with Gasteiger partial charge in [-0.1, -0.05) is 75.2 Å². The van der Waals surface area contributed by atoms with Crippen LogP contribution in [0.1, 0.15) is 95.1 Å². The number of aryl methyl sites for hydroxylation is 1. The van der Waals surface area contributed by atoms with Crippen molar-refractivity contribution in [3.05, 3.63) is 59.7 Å². The van der Waals surface area contributed by atoms with Gasteiger partial charge in [0.25, 0.3) is 0 Å². The third-order valence-electron chi connectivity index (χ3n) is 8.49. The monoisotopic (exact) mass is 441 g/mol. The Bertz CT molecular complexity index is 957. The Morgan fingerprint density at radius 2 is 1.52 bits per heavy atom. The molecule has 2 atom stereocenters. The van der Waals surface area contributed by atoms with Crippen LogP contribution in [0, 0.1) is 28.6 Å². The lowest BCUT2D eigenvalue weighted by Crippen LogP contribution is -2.38. The van der Waals surface area contributed by atoms with Gasteiger partial charge in [-0.05, 0) is 85.5 Å². The summed E-state index contributed by atoms with van der Waals surface area (Å²) in [7, 11) is 0. The highest BCUT2D eigenvalue weighted by molar-refractivity contribution is 5.82. The lowest BCUT2D eigenvalue weighted by Gasteiger charge is -2.43. The fourth-order valence-electron chi connectivity index (χ4n) is 6.38. The molecule has 0 saturated heterocycles. The molecule has 0 N–H and O–H groups in total. The van der Waals surface area contributed by atoms with Gasteiger partial charge in [0, 0.05) is 12.3 Å². The van der Waals surface area contributed by atoms with Gasteiger partial charge in [0.1, 0.15) is 5.78 Å². The average Bonchev–Trinajstić information content (AvgIpc) is 2.86. The van der Waals surface area contributed by atoms with Crippen molar-refractivity contribution in [2.24, 2.45) is 17.3 Å². The number of hydrogen-bond acceptors (Lipinski definition) is 2. The van der Waals surface area contributed by atoms with Crippen molar-refractivity contribution in [2.75, 3.05) is 0 Å². The molecule has 0 aromatic heterocycles. The number of nitrogens with zero attached hydrogens (tertiary/aromatic N) is 1. The number of nitriles is 1. The Hall–Kier alpha value is -2.40. The van der Waals surface area contributed by atoms with Crippen molar-refractivity contribution in [1.82, 2.24) is 0 Å². The normalized spacial score (nSPS) is 27.8. The number of carbonyl (C=O) groups excluding carboxylic acids is 1. The first-order chi connectivity index (χ1) is 16.1. The lowest BCUT2D eigenvalue weighted by molar-refractivity contribution is -0.128. The van der Waals surface area contributed by atoms with E-state index in [-0.39, 0.29) is 17.3 Å². The quantitative estimate of drug-likeness (QED) is 0.434. The minimum absolute atomic E-state index is 0.250. The van der Waals surface area contributed by atoms with Crippen LogP contribution in [0.4, 0.5) is 0 Å². The summed E-state index contributed by atoms with van der Waals surface area (Å²) in [6, 6.07) is 20.8. The van der Waals surface area contributed by atoms with Crippen LogP contribution < -0.4 is 0 Å². The van der Waals surface area contributed by atoms with Crippen LogP contribution in [-0.2, 0) is 11.2 Å². The topological polar surface area (TPSA) is 40.9 Å². The summed E-state index contributed by atoms with van der Waals surface area (Å²) in [6.07, 6.45) is 11.1. The van der Waals surface area contributed by atoms with E-state index in [4.69, 9.17) is 0 Å². The predicted octanol–water partition coefficient (Wildman–Crippen LogP) is 8.26. The summed E-state index contributed by atoms with van der Waals surface area (Å²) in [6.45, 7) is 4.38. The summed E-state index contributed by atoms with van der Waals surface area (Å²) in [5, 5.41) is 10.2. The van der Waals surface area contributed by atoms with Crippen molar-refractivity contribution in [2.45, 2.75) is 90.4 Å². The van der Waals surface area contributed by atoms with Crippen LogP contribution in [-0.4, -0.2) is 5.78 Å². The van der Waals surface area contributed by atoms with Gasteiger partial charge in [-0.3, -0.25) is 4.79 Å². The van der Waals surface area contributed by atoms with Gasteiger partial charge >= 0.3 is 0 Å². The van der Waals surface area contributed by atoms with Gasteiger partial charge in [-0.25, -0.2) is 0 Å². The van der Waals surface area contributed by atoms with Crippen LogP contribution in [0.5, 0.6) is 0 Å². The minimum atomic E-state index is -0.288. The molecule has 2 saturated carbocycles. The van der Waals surface area contributed by atoms with E-state index < -0.39 is 0 Å². The molecule has 2 aliphatic carbocycles. The van der Waals surface area contributed by atoms with E-state index in [9.17, 15) is 10.1 Å². The van der Waals surface area contributed by atoms with Crippen LogP contribution in [0.3, 0.4) is 0 Å². The van der Waals surface area contributed by atoms with E-state index in [1.54, 1.807) is 0 Å². The van der Waals surface area contributed by atoms with Crippen LogP contribution >= 0.6 is 0 Å². The van der Waals surface area contributed by atoms with E-state index >= 15 is 0 Å². The molecule has 0 aliphatic heterocycles. The standard InChI is InChI=1S/C31H39NO/c1-3-5-23-7-9-24(10-8-23)25-11-13-26(14-12-25)27-17-19-31(22-32,20-18-27)29-16-15-28(6-4-2)30(33)21-29/h7-14,27-29H,3-6,15-21H2,1-2H3/t27?,28-,29-,31?/m1/s1. The summed E-state index contributed by atoms with van der Waals surface area (Å²) in [5.74, 6) is 1.46. The van der Waals surface area contributed by atoms with Crippen LogP contribution in [0.2, 0.25) is 0 Å². The molecule has 33 heavy (non-hydrogen) atoms. The van der Waals surface area contributed by atoms with E-state index in [2.05, 4.69) is 68.4 Å². The molecule has 2 aromatic rings. The Morgan fingerprint density at radius 1 is 0.879 bits per heavy atom. The van der Waals surface area contributed by atoms with Gasteiger partial charge in [0.15, 0.2) is 0 Å². The van der Waals surface area contributed by atoms with Gasteiger partial charge in [-0.15, -0.1) is 0 Å². The summed E-state index contributed by atoms with van der Waals surface area (Å²) in [4.78, 5) is 12.7. The van der Waals surface area contributed by atoms with E-state index in [1.807, 2.05) is 0 Å². The number of ketones is 1. The highest BCUT2D eigenvalue weighted by atomic mass is 16.1. The van der Waals surface area contributed by atoms with E-state index in [0.29, 0.717) is 18.1 Å². The number of Topliss-reactive ketones (excluding diaryl/α,β-unsaturated/α-hetero) is 1. The maximum Gasteiger partial charge on any atom is 0.136 e. The molecule has 0 amide bonds. The zero-order chi connectivity index (χ0) is 23.3. The molecular formula is C31H39NO. The third kappa shape index (κ3) is 5.24. The fraction of sp³-hybridized carbons (Fsp3) is 0.548. The number of carbonyl (C=O) groups is 1. The van der Waals surface area contributed by atoms with Gasteiger partial charge in [0.05, 0.1) is 11.5 Å². The molecule has 2 fully saturated rings. The van der Waals surface area contributed by atoms with Crippen LogP contribution in [0.25, 0.3) is 11.1 Å². The van der Waals surface area contributed by atoms with Crippen molar-refractivity contribution >= 4 is 5.78 Å². The average molecular weight is 442 g/mol. The van der Waals surface area contributed by atoms with Crippen molar-refractivity contribution in [3.8, 4) is 17.2 Å². The first kappa shape index (κ1) is 23.7. The zero-order valence-electron chi connectivity index (χ0n) is 20.5. The minimum Gasteiger partial charge on any atom is -0.299 e. The molecule has 0 unspecified atom stereocenters. The number of rotatable bonds is 7.